The smallest absolute Gasteiger partial charge is 0.345 e. The third-order valence-corrected chi connectivity index (χ3v) is 8.03. The van der Waals surface area contributed by atoms with Gasteiger partial charge < -0.3 is 9.84 Å². The molecule has 0 aliphatic rings. The van der Waals surface area contributed by atoms with Crippen LogP contribution in [0.5, 0.6) is 0 Å². The number of ether oxygens (including phenoxy) is 1. The molecule has 0 aliphatic heterocycles. The second-order valence-corrected chi connectivity index (χ2v) is 12.4. The van der Waals surface area contributed by atoms with E-state index in [-0.39, 0.29) is 5.97 Å². The van der Waals surface area contributed by atoms with Crippen molar-refractivity contribution >= 4 is 11.9 Å². The van der Waals surface area contributed by atoms with Gasteiger partial charge in [0.2, 0.25) is 0 Å². The summed E-state index contributed by atoms with van der Waals surface area (Å²) in [6, 6.07) is 0. The third-order valence-electron chi connectivity index (χ3n) is 8.03. The maximum absolute atomic E-state index is 12.2. The number of carboxylic acids is 1. The molecule has 1 atom stereocenters. The van der Waals surface area contributed by atoms with Crippen molar-refractivity contribution in [3.8, 4) is 0 Å². The van der Waals surface area contributed by atoms with E-state index in [4.69, 9.17) is 4.74 Å². The Morgan fingerprint density at radius 2 is 0.911 bits per heavy atom. The molecule has 0 aromatic heterocycles. The first-order valence-corrected chi connectivity index (χ1v) is 18.8. The zero-order valence-corrected chi connectivity index (χ0v) is 29.4. The summed E-state index contributed by atoms with van der Waals surface area (Å²) in [7, 11) is 0. The fraction of sp³-hybridized carbons (Fsp3) is 0.707. The van der Waals surface area contributed by atoms with Crippen LogP contribution in [0.25, 0.3) is 0 Å². The molecule has 0 aromatic rings. The van der Waals surface area contributed by atoms with Crippen molar-refractivity contribution in [2.24, 2.45) is 0 Å². The Kier molecular flexibility index (Phi) is 34.2. The Hall–Kier alpha value is -2.36. The molecule has 45 heavy (non-hydrogen) atoms. The lowest BCUT2D eigenvalue weighted by molar-refractivity contribution is -0.164. The van der Waals surface area contributed by atoms with Crippen molar-refractivity contribution in [3.05, 3.63) is 60.8 Å². The minimum atomic E-state index is -1.02. The van der Waals surface area contributed by atoms with E-state index in [1.807, 2.05) is 0 Å². The molecule has 4 nitrogen and oxygen atoms in total. The van der Waals surface area contributed by atoms with Crippen molar-refractivity contribution < 1.29 is 19.4 Å². The lowest BCUT2D eigenvalue weighted by Gasteiger charge is -2.13. The number of allylic oxidation sites excluding steroid dienone is 10. The molecule has 0 amide bonds. The molecule has 0 saturated heterocycles. The van der Waals surface area contributed by atoms with Gasteiger partial charge >= 0.3 is 11.9 Å². The molecule has 1 N–H and O–H groups in total. The van der Waals surface area contributed by atoms with Gasteiger partial charge in [0.25, 0.3) is 0 Å². The number of carbonyl (C=O) groups is 2. The fourth-order valence-electron chi connectivity index (χ4n) is 5.23. The molecule has 258 valence electrons. The van der Waals surface area contributed by atoms with Crippen LogP contribution in [-0.2, 0) is 14.3 Å². The molecule has 0 radical (unpaired) electrons. The number of esters is 1. The molecular formula is C41H70O4. The zero-order chi connectivity index (χ0) is 32.9. The average molecular weight is 627 g/mol. The molecule has 0 saturated carbocycles. The number of unbranched alkanes of at least 4 members (excludes halogenated alkanes) is 17. The topological polar surface area (TPSA) is 63.6 Å². The standard InChI is InChI=1S/C41H70O4/c1-3-5-7-9-11-13-15-17-18-19-20-21-22-23-24-26-28-30-32-34-36-38-40(42)45-39(41(43)44)37-35-33-31-29-27-25-16-14-12-10-8-6-4-2/h5,7,11,13,17-18,20-21,23-24,39H,3-4,6,8-10,12,14-16,19,22,25-38H2,1-2H3,(H,43,44)/b7-5-,13-11-,18-17-,21-20-,24-23-. The minimum absolute atomic E-state index is 0.317. The monoisotopic (exact) mass is 627 g/mol. The summed E-state index contributed by atoms with van der Waals surface area (Å²) in [5.41, 5.74) is 0. The number of hydrogen-bond donors (Lipinski definition) is 1. The van der Waals surface area contributed by atoms with Crippen LogP contribution in [0.2, 0.25) is 0 Å². The summed E-state index contributed by atoms with van der Waals surface area (Å²) >= 11 is 0. The Morgan fingerprint density at radius 1 is 0.511 bits per heavy atom. The van der Waals surface area contributed by atoms with Crippen LogP contribution in [-0.4, -0.2) is 23.1 Å². The van der Waals surface area contributed by atoms with Crippen molar-refractivity contribution in [2.45, 2.75) is 187 Å². The van der Waals surface area contributed by atoms with Crippen LogP contribution in [0, 0.1) is 0 Å². The lowest BCUT2D eigenvalue weighted by Crippen LogP contribution is -2.27. The summed E-state index contributed by atoms with van der Waals surface area (Å²) in [5, 5.41) is 9.47. The van der Waals surface area contributed by atoms with E-state index in [9.17, 15) is 14.7 Å². The van der Waals surface area contributed by atoms with Crippen LogP contribution >= 0.6 is 0 Å². The molecular weight excluding hydrogens is 556 g/mol. The molecule has 0 aliphatic carbocycles. The second kappa shape index (κ2) is 36.1. The molecule has 4 heteroatoms. The Bertz CT molecular complexity index is 804. The van der Waals surface area contributed by atoms with Crippen LogP contribution < -0.4 is 0 Å². The van der Waals surface area contributed by atoms with E-state index in [0.717, 1.165) is 89.9 Å². The van der Waals surface area contributed by atoms with Crippen LogP contribution in [0.3, 0.4) is 0 Å². The molecule has 0 bridgehead atoms. The molecule has 0 rings (SSSR count). The molecule has 0 heterocycles. The third kappa shape index (κ3) is 34.4. The predicted molar refractivity (Wildman–Crippen MR) is 195 cm³/mol. The quantitative estimate of drug-likeness (QED) is 0.0447. The summed E-state index contributed by atoms with van der Waals surface area (Å²) < 4.78 is 5.30. The molecule has 0 spiro atoms. The van der Waals surface area contributed by atoms with E-state index >= 15 is 0 Å². The van der Waals surface area contributed by atoms with Gasteiger partial charge in [0.05, 0.1) is 0 Å². The van der Waals surface area contributed by atoms with Gasteiger partial charge in [-0.3, -0.25) is 4.79 Å². The van der Waals surface area contributed by atoms with Gasteiger partial charge in [0.15, 0.2) is 6.10 Å². The van der Waals surface area contributed by atoms with Crippen molar-refractivity contribution in [3.63, 3.8) is 0 Å². The highest BCUT2D eigenvalue weighted by atomic mass is 16.6. The highest BCUT2D eigenvalue weighted by molar-refractivity contribution is 5.77. The van der Waals surface area contributed by atoms with Gasteiger partial charge in [-0.2, -0.15) is 0 Å². The van der Waals surface area contributed by atoms with Gasteiger partial charge in [-0.1, -0.05) is 171 Å². The van der Waals surface area contributed by atoms with Crippen LogP contribution in [0.15, 0.2) is 60.8 Å². The zero-order valence-electron chi connectivity index (χ0n) is 29.4. The maximum atomic E-state index is 12.2. The van der Waals surface area contributed by atoms with Gasteiger partial charge in [-0.15, -0.1) is 0 Å². The first-order chi connectivity index (χ1) is 22.1. The van der Waals surface area contributed by atoms with E-state index in [2.05, 4.69) is 74.6 Å². The summed E-state index contributed by atoms with van der Waals surface area (Å²) in [6.07, 6.45) is 49.6. The molecule has 0 aromatic carbocycles. The first kappa shape index (κ1) is 42.6. The number of rotatable bonds is 33. The maximum Gasteiger partial charge on any atom is 0.345 e. The largest absolute Gasteiger partial charge is 0.479 e. The molecule has 1 unspecified atom stereocenters. The number of carboxylic acid groups (broad SMARTS) is 1. The van der Waals surface area contributed by atoms with Crippen LogP contribution in [0.4, 0.5) is 0 Å². The van der Waals surface area contributed by atoms with E-state index < -0.39 is 12.1 Å². The Balaban J connectivity index is 3.65. The SMILES string of the molecule is CC/C=C\C/C=C\C/C=C\C/C=C\C/C=C\CCCCCCCC(=O)OC(CCCCCCCCCCCCCCC)C(=O)O. The Morgan fingerprint density at radius 3 is 1.38 bits per heavy atom. The van der Waals surface area contributed by atoms with Gasteiger partial charge in [0, 0.05) is 6.42 Å². The highest BCUT2D eigenvalue weighted by Crippen LogP contribution is 2.15. The van der Waals surface area contributed by atoms with Gasteiger partial charge in [0.1, 0.15) is 0 Å². The number of carbonyl (C=O) groups excluding carboxylic acids is 1. The first-order valence-electron chi connectivity index (χ1n) is 18.8. The second-order valence-electron chi connectivity index (χ2n) is 12.4. The normalized spacial score (nSPS) is 12.9. The highest BCUT2D eigenvalue weighted by Gasteiger charge is 2.21. The van der Waals surface area contributed by atoms with Gasteiger partial charge in [-0.25, -0.2) is 4.79 Å². The Labute approximate surface area is 278 Å². The van der Waals surface area contributed by atoms with Crippen molar-refractivity contribution in [1.82, 2.24) is 0 Å². The number of hydrogen-bond acceptors (Lipinski definition) is 3. The number of aliphatic carboxylic acids is 1. The van der Waals surface area contributed by atoms with E-state index in [0.29, 0.717) is 12.8 Å². The molecule has 0 fully saturated rings. The van der Waals surface area contributed by atoms with Crippen LogP contribution in [0.1, 0.15) is 181 Å². The van der Waals surface area contributed by atoms with Crippen molar-refractivity contribution in [1.29, 1.82) is 0 Å². The minimum Gasteiger partial charge on any atom is -0.479 e. The summed E-state index contributed by atoms with van der Waals surface area (Å²) in [6.45, 7) is 4.41. The average Bonchev–Trinajstić information content (AvgIpc) is 3.03. The summed E-state index contributed by atoms with van der Waals surface area (Å²) in [4.78, 5) is 23.7. The lowest BCUT2D eigenvalue weighted by atomic mass is 10.0. The van der Waals surface area contributed by atoms with E-state index in [1.165, 1.54) is 64.2 Å². The van der Waals surface area contributed by atoms with Crippen molar-refractivity contribution in [2.75, 3.05) is 0 Å². The summed E-state index contributed by atoms with van der Waals surface area (Å²) in [5.74, 6) is -1.38. The van der Waals surface area contributed by atoms with E-state index in [1.54, 1.807) is 0 Å². The predicted octanol–water partition coefficient (Wildman–Crippen LogP) is 12.9. The van der Waals surface area contributed by atoms with Gasteiger partial charge in [-0.05, 0) is 64.2 Å². The fourth-order valence-corrected chi connectivity index (χ4v) is 5.23.